The summed E-state index contributed by atoms with van der Waals surface area (Å²) in [5.41, 5.74) is -0.120. The maximum atomic E-state index is 12.3. The van der Waals surface area contributed by atoms with Gasteiger partial charge < -0.3 is 0 Å². The first-order chi connectivity index (χ1) is 7.95. The highest BCUT2D eigenvalue weighted by atomic mass is 35.5. The summed E-state index contributed by atoms with van der Waals surface area (Å²) in [6, 6.07) is 3.96. The van der Waals surface area contributed by atoms with Gasteiger partial charge in [0.25, 0.3) is 0 Å². The number of halogens is 4. The van der Waals surface area contributed by atoms with E-state index in [0.29, 0.717) is 12.0 Å². The van der Waals surface area contributed by atoms with E-state index in [1.807, 2.05) is 27.7 Å². The molecule has 1 aromatic carbocycles. The van der Waals surface area contributed by atoms with Crippen molar-refractivity contribution in [1.82, 2.24) is 0 Å². The van der Waals surface area contributed by atoms with Gasteiger partial charge in [-0.25, -0.2) is 0 Å². The van der Waals surface area contributed by atoms with E-state index in [-0.39, 0.29) is 5.02 Å². The molecule has 1 rings (SSSR count). The van der Waals surface area contributed by atoms with Crippen LogP contribution in [0.5, 0.6) is 0 Å². The molecule has 0 nitrogen and oxygen atoms in total. The van der Waals surface area contributed by atoms with Crippen LogP contribution in [0.15, 0.2) is 18.2 Å². The second-order valence-electron chi connectivity index (χ2n) is 2.67. The van der Waals surface area contributed by atoms with Crippen molar-refractivity contribution in [2.24, 2.45) is 0 Å². The lowest BCUT2D eigenvalue weighted by molar-refractivity contribution is -0.137. The summed E-state index contributed by atoms with van der Waals surface area (Å²) in [7, 11) is 0. The predicted octanol–water partition coefficient (Wildman–Crippen LogP) is 5.97. The van der Waals surface area contributed by atoms with Crippen LogP contribution < -0.4 is 0 Å². The molecule has 17 heavy (non-hydrogen) atoms. The second kappa shape index (κ2) is 9.34. The Morgan fingerprint density at radius 1 is 1.06 bits per heavy atom. The minimum absolute atomic E-state index is 0.246. The van der Waals surface area contributed by atoms with Gasteiger partial charge in [0.15, 0.2) is 0 Å². The van der Waals surface area contributed by atoms with Crippen LogP contribution in [0, 0.1) is 0 Å². The molecule has 0 aliphatic heterocycles. The van der Waals surface area contributed by atoms with Crippen molar-refractivity contribution in [2.75, 3.05) is 0 Å². The SMILES string of the molecule is CC.CC.CCc1ccc(Cl)c(C(F)(F)F)c1. The van der Waals surface area contributed by atoms with Crippen molar-refractivity contribution in [2.45, 2.75) is 47.2 Å². The quantitative estimate of drug-likeness (QED) is 0.588. The molecule has 0 aliphatic rings. The topological polar surface area (TPSA) is 0 Å². The van der Waals surface area contributed by atoms with Gasteiger partial charge in [0.2, 0.25) is 0 Å². The first-order valence-electron chi connectivity index (χ1n) is 5.80. The molecule has 0 atom stereocenters. The first kappa shape index (κ1) is 18.7. The van der Waals surface area contributed by atoms with Gasteiger partial charge in [-0.3, -0.25) is 0 Å². The van der Waals surface area contributed by atoms with Crippen LogP contribution >= 0.6 is 11.6 Å². The van der Waals surface area contributed by atoms with E-state index < -0.39 is 11.7 Å². The van der Waals surface area contributed by atoms with Crippen LogP contribution in [0.3, 0.4) is 0 Å². The highest BCUT2D eigenvalue weighted by Crippen LogP contribution is 2.35. The van der Waals surface area contributed by atoms with Crippen molar-refractivity contribution in [3.8, 4) is 0 Å². The fraction of sp³-hybridized carbons (Fsp3) is 0.538. The molecule has 0 bridgehead atoms. The van der Waals surface area contributed by atoms with E-state index in [9.17, 15) is 13.2 Å². The maximum absolute atomic E-state index is 12.3. The van der Waals surface area contributed by atoms with Gasteiger partial charge in [-0.2, -0.15) is 13.2 Å². The average molecular weight is 269 g/mol. The molecule has 0 aromatic heterocycles. The number of benzene rings is 1. The van der Waals surface area contributed by atoms with Gasteiger partial charge in [-0.15, -0.1) is 0 Å². The summed E-state index contributed by atoms with van der Waals surface area (Å²) in [4.78, 5) is 0. The van der Waals surface area contributed by atoms with Gasteiger partial charge in [0.05, 0.1) is 10.6 Å². The monoisotopic (exact) mass is 268 g/mol. The molecule has 0 amide bonds. The summed E-state index contributed by atoms with van der Waals surface area (Å²) in [6.45, 7) is 9.80. The molecule has 100 valence electrons. The van der Waals surface area contributed by atoms with Gasteiger partial charge in [-0.1, -0.05) is 52.3 Å². The highest BCUT2D eigenvalue weighted by molar-refractivity contribution is 6.31. The molecule has 0 heterocycles. The van der Waals surface area contributed by atoms with Crippen molar-refractivity contribution in [1.29, 1.82) is 0 Å². The van der Waals surface area contributed by atoms with Crippen molar-refractivity contribution >= 4 is 11.6 Å². The summed E-state index contributed by atoms with van der Waals surface area (Å²) >= 11 is 5.42. The van der Waals surface area contributed by atoms with Gasteiger partial charge >= 0.3 is 6.18 Å². The Balaban J connectivity index is 0. The molecular weight excluding hydrogens is 249 g/mol. The van der Waals surface area contributed by atoms with Crippen molar-refractivity contribution in [3.63, 3.8) is 0 Å². The van der Waals surface area contributed by atoms with E-state index in [2.05, 4.69) is 0 Å². The molecule has 0 N–H and O–H groups in total. The zero-order valence-corrected chi connectivity index (χ0v) is 11.7. The minimum Gasteiger partial charge on any atom is -0.166 e. The Morgan fingerprint density at radius 3 is 1.88 bits per heavy atom. The van der Waals surface area contributed by atoms with Crippen LogP contribution in [0.1, 0.15) is 45.7 Å². The van der Waals surface area contributed by atoms with Crippen LogP contribution in [0.4, 0.5) is 13.2 Å². The summed E-state index contributed by atoms with van der Waals surface area (Å²) in [5, 5.41) is -0.246. The molecule has 0 spiro atoms. The van der Waals surface area contributed by atoms with E-state index in [1.165, 1.54) is 6.07 Å². The number of rotatable bonds is 1. The molecule has 0 radical (unpaired) electrons. The van der Waals surface area contributed by atoms with Crippen LogP contribution in [-0.2, 0) is 12.6 Å². The fourth-order valence-corrected chi connectivity index (χ4v) is 1.23. The van der Waals surface area contributed by atoms with Crippen molar-refractivity contribution < 1.29 is 13.2 Å². The van der Waals surface area contributed by atoms with Crippen LogP contribution in [-0.4, -0.2) is 0 Å². The molecule has 0 aliphatic carbocycles. The lowest BCUT2D eigenvalue weighted by atomic mass is 10.1. The normalized spacial score (nSPS) is 9.71. The largest absolute Gasteiger partial charge is 0.417 e. The summed E-state index contributed by atoms with van der Waals surface area (Å²) < 4.78 is 36.8. The van der Waals surface area contributed by atoms with Crippen molar-refractivity contribution in [3.05, 3.63) is 34.3 Å². The smallest absolute Gasteiger partial charge is 0.166 e. The average Bonchev–Trinajstić information content (AvgIpc) is 2.33. The minimum atomic E-state index is -4.36. The first-order valence-corrected chi connectivity index (χ1v) is 6.18. The third-order valence-electron chi connectivity index (χ3n) is 1.74. The molecule has 0 fully saturated rings. The number of hydrogen-bond acceptors (Lipinski definition) is 0. The lowest BCUT2D eigenvalue weighted by Gasteiger charge is -2.09. The zero-order chi connectivity index (χ0) is 14.1. The van der Waals surface area contributed by atoms with E-state index in [4.69, 9.17) is 11.6 Å². The number of alkyl halides is 3. The van der Waals surface area contributed by atoms with Gasteiger partial charge in [0, 0.05) is 0 Å². The zero-order valence-electron chi connectivity index (χ0n) is 11.0. The Labute approximate surface area is 107 Å². The molecule has 4 heteroatoms. The predicted molar refractivity (Wildman–Crippen MR) is 68.5 cm³/mol. The standard InChI is InChI=1S/C9H8ClF3.2C2H6/c1-2-6-3-4-8(10)7(5-6)9(11,12)13;2*1-2/h3-5H,2H2,1H3;2*1-2H3. The Kier molecular flexibility index (Phi) is 10.3. The molecule has 0 unspecified atom stereocenters. The van der Waals surface area contributed by atoms with Crippen LogP contribution in [0.25, 0.3) is 0 Å². The van der Waals surface area contributed by atoms with Gasteiger partial charge in [0.1, 0.15) is 0 Å². The number of aryl methyl sites for hydroxylation is 1. The summed E-state index contributed by atoms with van der Waals surface area (Å²) in [5.74, 6) is 0. The Morgan fingerprint density at radius 2 is 1.53 bits per heavy atom. The molecule has 0 saturated heterocycles. The van der Waals surface area contributed by atoms with E-state index in [1.54, 1.807) is 13.0 Å². The maximum Gasteiger partial charge on any atom is 0.417 e. The van der Waals surface area contributed by atoms with E-state index in [0.717, 1.165) is 6.07 Å². The Hall–Kier alpha value is -0.700. The van der Waals surface area contributed by atoms with Gasteiger partial charge in [-0.05, 0) is 24.1 Å². The third-order valence-corrected chi connectivity index (χ3v) is 2.07. The van der Waals surface area contributed by atoms with Crippen LogP contribution in [0.2, 0.25) is 5.02 Å². The third kappa shape index (κ3) is 6.57. The second-order valence-corrected chi connectivity index (χ2v) is 3.07. The molecule has 0 saturated carbocycles. The summed E-state index contributed by atoms with van der Waals surface area (Å²) in [6.07, 6.45) is -3.79. The highest BCUT2D eigenvalue weighted by Gasteiger charge is 2.33. The van der Waals surface area contributed by atoms with E-state index >= 15 is 0 Å². The lowest BCUT2D eigenvalue weighted by Crippen LogP contribution is -2.06. The molecular formula is C13H20ClF3. The number of hydrogen-bond donors (Lipinski definition) is 0. The fourth-order valence-electron chi connectivity index (χ4n) is 1.01. The Bertz CT molecular complexity index is 306. The molecule has 1 aromatic rings.